The Balaban J connectivity index is 2.31. The van der Waals surface area contributed by atoms with Crippen molar-refractivity contribution in [2.45, 2.75) is 13.5 Å². The van der Waals surface area contributed by atoms with Crippen LogP contribution in [0.2, 0.25) is 0 Å². The Labute approximate surface area is 106 Å². The first-order chi connectivity index (χ1) is 9.00. The van der Waals surface area contributed by atoms with Crippen LogP contribution in [0.3, 0.4) is 0 Å². The van der Waals surface area contributed by atoms with Crippen LogP contribution >= 0.6 is 0 Å². The molecule has 0 radical (unpaired) electrons. The summed E-state index contributed by atoms with van der Waals surface area (Å²) in [5.41, 5.74) is 0.468. The highest BCUT2D eigenvalue weighted by molar-refractivity contribution is 5.62. The van der Waals surface area contributed by atoms with Gasteiger partial charge in [0.2, 0.25) is 0 Å². The minimum absolute atomic E-state index is 0.101. The van der Waals surface area contributed by atoms with Gasteiger partial charge in [0, 0.05) is 23.9 Å². The number of nitrogens with zero attached hydrogens (tertiary/aromatic N) is 2. The first kappa shape index (κ1) is 12.9. The number of H-pyrrole nitrogens is 1. The van der Waals surface area contributed by atoms with Crippen LogP contribution in [0.5, 0.6) is 0 Å². The van der Waals surface area contributed by atoms with Crippen molar-refractivity contribution in [2.75, 3.05) is 5.32 Å². The molecule has 1 heterocycles. The molecule has 1 aromatic carbocycles. The van der Waals surface area contributed by atoms with Crippen LogP contribution in [0.4, 0.5) is 20.2 Å². The lowest BCUT2D eigenvalue weighted by atomic mass is 10.2. The van der Waals surface area contributed by atoms with E-state index in [0.29, 0.717) is 5.56 Å². The van der Waals surface area contributed by atoms with Gasteiger partial charge in [0.15, 0.2) is 17.3 Å². The fraction of sp³-hybridized carbons (Fsp3) is 0.182. The zero-order chi connectivity index (χ0) is 14.0. The van der Waals surface area contributed by atoms with Crippen molar-refractivity contribution in [3.63, 3.8) is 0 Å². The molecule has 2 rings (SSSR count). The SMILES string of the molecule is Cc1[nH]ncc1CNc1c([N+](=O)[O-])ccc(F)c1F. The molecule has 100 valence electrons. The maximum atomic E-state index is 13.6. The number of hydrogen-bond acceptors (Lipinski definition) is 4. The normalized spacial score (nSPS) is 10.5. The van der Waals surface area contributed by atoms with Gasteiger partial charge in [0.25, 0.3) is 5.69 Å². The lowest BCUT2D eigenvalue weighted by molar-refractivity contribution is -0.384. The topological polar surface area (TPSA) is 83.8 Å². The van der Waals surface area contributed by atoms with Gasteiger partial charge in [-0.25, -0.2) is 8.78 Å². The highest BCUT2D eigenvalue weighted by atomic mass is 19.2. The van der Waals surface area contributed by atoms with Gasteiger partial charge in [-0.3, -0.25) is 15.2 Å². The first-order valence-electron chi connectivity index (χ1n) is 5.35. The molecule has 0 fully saturated rings. The third-order valence-electron chi connectivity index (χ3n) is 2.66. The quantitative estimate of drug-likeness (QED) is 0.659. The van der Waals surface area contributed by atoms with E-state index >= 15 is 0 Å². The van der Waals surface area contributed by atoms with Gasteiger partial charge in [-0.1, -0.05) is 0 Å². The second-order valence-corrected chi connectivity index (χ2v) is 3.89. The van der Waals surface area contributed by atoms with Crippen molar-refractivity contribution in [1.82, 2.24) is 10.2 Å². The minimum Gasteiger partial charge on any atom is -0.373 e. The molecule has 2 N–H and O–H groups in total. The Hall–Kier alpha value is -2.51. The fourth-order valence-corrected chi connectivity index (χ4v) is 1.60. The van der Waals surface area contributed by atoms with Crippen molar-refractivity contribution < 1.29 is 13.7 Å². The van der Waals surface area contributed by atoms with E-state index in [4.69, 9.17) is 0 Å². The van der Waals surface area contributed by atoms with Gasteiger partial charge in [0.1, 0.15) is 0 Å². The second-order valence-electron chi connectivity index (χ2n) is 3.89. The molecule has 6 nitrogen and oxygen atoms in total. The highest BCUT2D eigenvalue weighted by Crippen LogP contribution is 2.29. The van der Waals surface area contributed by atoms with Crippen LogP contribution in [0, 0.1) is 28.7 Å². The number of aromatic amines is 1. The fourth-order valence-electron chi connectivity index (χ4n) is 1.60. The van der Waals surface area contributed by atoms with Crippen LogP contribution < -0.4 is 5.32 Å². The number of aromatic nitrogens is 2. The Morgan fingerprint density at radius 3 is 2.79 bits per heavy atom. The first-order valence-corrected chi connectivity index (χ1v) is 5.35. The smallest absolute Gasteiger partial charge is 0.295 e. The summed E-state index contributed by atoms with van der Waals surface area (Å²) >= 11 is 0. The lowest BCUT2D eigenvalue weighted by Crippen LogP contribution is -2.06. The largest absolute Gasteiger partial charge is 0.373 e. The zero-order valence-electron chi connectivity index (χ0n) is 9.91. The van der Waals surface area contributed by atoms with Gasteiger partial charge < -0.3 is 5.32 Å². The number of benzene rings is 1. The summed E-state index contributed by atoms with van der Waals surface area (Å²) in [5.74, 6) is -2.41. The molecule has 0 aliphatic rings. The van der Waals surface area contributed by atoms with Crippen LogP contribution in [-0.2, 0) is 6.54 Å². The summed E-state index contributed by atoms with van der Waals surface area (Å²) < 4.78 is 26.7. The van der Waals surface area contributed by atoms with E-state index in [2.05, 4.69) is 15.5 Å². The van der Waals surface area contributed by atoms with E-state index in [9.17, 15) is 18.9 Å². The Morgan fingerprint density at radius 1 is 1.47 bits per heavy atom. The molecular formula is C11H10F2N4O2. The second kappa shape index (κ2) is 5.01. The molecule has 0 saturated carbocycles. The molecule has 0 saturated heterocycles. The maximum absolute atomic E-state index is 13.6. The summed E-state index contributed by atoms with van der Waals surface area (Å²) in [6, 6.07) is 1.64. The Bertz CT molecular complexity index is 627. The van der Waals surface area contributed by atoms with Crippen LogP contribution in [0.1, 0.15) is 11.3 Å². The van der Waals surface area contributed by atoms with Gasteiger partial charge >= 0.3 is 0 Å². The monoisotopic (exact) mass is 268 g/mol. The van der Waals surface area contributed by atoms with Crippen LogP contribution in [0.25, 0.3) is 0 Å². The van der Waals surface area contributed by atoms with Crippen LogP contribution in [-0.4, -0.2) is 15.1 Å². The lowest BCUT2D eigenvalue weighted by Gasteiger charge is -2.08. The van der Waals surface area contributed by atoms with E-state index in [1.807, 2.05) is 0 Å². The summed E-state index contributed by atoms with van der Waals surface area (Å²) in [4.78, 5) is 10.0. The number of halogens is 2. The minimum atomic E-state index is -1.27. The predicted molar refractivity (Wildman–Crippen MR) is 63.7 cm³/mol. The molecule has 19 heavy (non-hydrogen) atoms. The van der Waals surface area contributed by atoms with Crippen molar-refractivity contribution >= 4 is 11.4 Å². The summed E-state index contributed by atoms with van der Waals surface area (Å²) in [6.45, 7) is 1.85. The number of nitro groups is 1. The molecule has 0 aliphatic heterocycles. The average Bonchev–Trinajstić information content (AvgIpc) is 2.76. The molecule has 8 heteroatoms. The Morgan fingerprint density at radius 2 is 2.21 bits per heavy atom. The van der Waals surface area contributed by atoms with Gasteiger partial charge in [-0.2, -0.15) is 5.10 Å². The van der Waals surface area contributed by atoms with Crippen molar-refractivity contribution in [3.8, 4) is 0 Å². The summed E-state index contributed by atoms with van der Waals surface area (Å²) in [6.07, 6.45) is 1.51. The zero-order valence-corrected chi connectivity index (χ0v) is 9.91. The van der Waals surface area contributed by atoms with E-state index in [1.165, 1.54) is 6.20 Å². The molecule has 2 aromatic rings. The third-order valence-corrected chi connectivity index (χ3v) is 2.66. The number of rotatable bonds is 4. The highest BCUT2D eigenvalue weighted by Gasteiger charge is 2.21. The van der Waals surface area contributed by atoms with Gasteiger partial charge in [-0.15, -0.1) is 0 Å². The maximum Gasteiger partial charge on any atom is 0.295 e. The molecule has 0 amide bonds. The van der Waals surface area contributed by atoms with E-state index in [-0.39, 0.29) is 6.54 Å². The Kier molecular flexibility index (Phi) is 3.41. The number of anilines is 1. The molecule has 0 aliphatic carbocycles. The van der Waals surface area contributed by atoms with E-state index < -0.39 is 27.9 Å². The molecule has 0 atom stereocenters. The van der Waals surface area contributed by atoms with Gasteiger partial charge in [0.05, 0.1) is 11.1 Å². The van der Waals surface area contributed by atoms with Gasteiger partial charge in [-0.05, 0) is 13.0 Å². The summed E-state index contributed by atoms with van der Waals surface area (Å²) in [5, 5.41) is 19.7. The van der Waals surface area contributed by atoms with Crippen molar-refractivity contribution in [2.24, 2.45) is 0 Å². The number of aryl methyl sites for hydroxylation is 1. The van der Waals surface area contributed by atoms with E-state index in [0.717, 1.165) is 17.8 Å². The summed E-state index contributed by atoms with van der Waals surface area (Å²) in [7, 11) is 0. The van der Waals surface area contributed by atoms with Crippen molar-refractivity contribution in [3.05, 3.63) is 51.3 Å². The average molecular weight is 268 g/mol. The van der Waals surface area contributed by atoms with Crippen LogP contribution in [0.15, 0.2) is 18.3 Å². The molecule has 0 unspecified atom stereocenters. The number of nitro benzene ring substituents is 1. The standard InChI is InChI=1S/C11H10F2N4O2/c1-6-7(5-15-16-6)4-14-11-9(17(18)19)3-2-8(12)10(11)13/h2-3,5,14H,4H2,1H3,(H,15,16). The van der Waals surface area contributed by atoms with E-state index in [1.54, 1.807) is 6.92 Å². The molecule has 1 aromatic heterocycles. The number of nitrogens with one attached hydrogen (secondary N) is 2. The number of hydrogen-bond donors (Lipinski definition) is 2. The molecule has 0 spiro atoms. The third kappa shape index (κ3) is 2.51. The molecular weight excluding hydrogens is 258 g/mol. The van der Waals surface area contributed by atoms with Crippen molar-refractivity contribution in [1.29, 1.82) is 0 Å². The molecule has 0 bridgehead atoms. The predicted octanol–water partition coefficient (Wildman–Crippen LogP) is 2.52.